The maximum Gasteiger partial charge on any atom is 0.305 e. The van der Waals surface area contributed by atoms with Crippen LogP contribution in [0, 0.1) is 12.7 Å². The largest absolute Gasteiger partial charge is 0.493 e. The second-order valence-electron chi connectivity index (χ2n) is 7.82. The lowest BCUT2D eigenvalue weighted by molar-refractivity contribution is -0.140. The van der Waals surface area contributed by atoms with Crippen molar-refractivity contribution in [3.05, 3.63) is 70.8 Å². The van der Waals surface area contributed by atoms with Crippen LogP contribution in [0.3, 0.4) is 0 Å². The molecule has 2 N–H and O–H groups in total. The molecule has 1 aromatic heterocycles. The van der Waals surface area contributed by atoms with Crippen LogP contribution in [0.25, 0.3) is 11.1 Å². The van der Waals surface area contributed by atoms with Gasteiger partial charge in [0, 0.05) is 23.5 Å². The average molecular weight is 469 g/mol. The van der Waals surface area contributed by atoms with Crippen LogP contribution in [0.5, 0.6) is 11.5 Å². The summed E-state index contributed by atoms with van der Waals surface area (Å²) in [6.07, 6.45) is 1.03. The summed E-state index contributed by atoms with van der Waals surface area (Å²) < 4.78 is 31.6. The van der Waals surface area contributed by atoms with E-state index in [2.05, 4.69) is 0 Å². The second kappa shape index (κ2) is 10.9. The summed E-state index contributed by atoms with van der Waals surface area (Å²) in [5.74, 6) is -0.167. The highest BCUT2D eigenvalue weighted by atomic mass is 19.1. The monoisotopic (exact) mass is 468 g/mol. The number of rotatable bonds is 10. The summed E-state index contributed by atoms with van der Waals surface area (Å²) >= 11 is 0. The molecule has 0 atom stereocenters. The molecule has 7 nitrogen and oxygen atoms in total. The number of primary amides is 1. The molecule has 0 spiro atoms. The Bertz CT molecular complexity index is 1200. The number of carbonyl (C=O) groups excluding carboxylic acids is 2. The van der Waals surface area contributed by atoms with Crippen LogP contribution in [0.2, 0.25) is 0 Å². The lowest BCUT2D eigenvalue weighted by atomic mass is 9.98. The Morgan fingerprint density at radius 2 is 1.74 bits per heavy atom. The third-order valence-corrected chi connectivity index (χ3v) is 5.86. The fourth-order valence-electron chi connectivity index (χ4n) is 4.22. The van der Waals surface area contributed by atoms with Gasteiger partial charge in [0.25, 0.3) is 5.91 Å². The number of nitrogens with two attached hydrogens (primary N) is 1. The first-order valence-corrected chi connectivity index (χ1v) is 10.9. The molecular formula is C26H29FN2O5. The van der Waals surface area contributed by atoms with Gasteiger partial charge in [0.1, 0.15) is 5.82 Å². The molecule has 0 aliphatic carbocycles. The molecule has 8 heteroatoms. The predicted octanol–water partition coefficient (Wildman–Crippen LogP) is 4.07. The van der Waals surface area contributed by atoms with E-state index in [1.54, 1.807) is 33.3 Å². The molecule has 3 rings (SSSR count). The van der Waals surface area contributed by atoms with E-state index in [4.69, 9.17) is 19.9 Å². The van der Waals surface area contributed by atoms with Gasteiger partial charge in [-0.25, -0.2) is 4.39 Å². The number of methoxy groups -OCH3 is 3. The lowest BCUT2D eigenvalue weighted by Crippen LogP contribution is -2.14. The summed E-state index contributed by atoms with van der Waals surface area (Å²) in [7, 11) is 4.48. The zero-order valence-electron chi connectivity index (χ0n) is 19.8. The molecule has 1 heterocycles. The molecule has 0 radical (unpaired) electrons. The highest BCUT2D eigenvalue weighted by Crippen LogP contribution is 2.35. The minimum absolute atomic E-state index is 0.108. The lowest BCUT2D eigenvalue weighted by Gasteiger charge is -2.14. The van der Waals surface area contributed by atoms with Crippen LogP contribution in [0.1, 0.15) is 33.7 Å². The van der Waals surface area contributed by atoms with Gasteiger partial charge in [-0.2, -0.15) is 0 Å². The van der Waals surface area contributed by atoms with E-state index in [1.807, 2.05) is 22.8 Å². The van der Waals surface area contributed by atoms with E-state index in [0.29, 0.717) is 53.3 Å². The molecule has 0 aliphatic rings. The number of benzene rings is 2. The van der Waals surface area contributed by atoms with Gasteiger partial charge in [-0.3, -0.25) is 9.59 Å². The SMILES string of the molecule is COC(=O)CCc1c(-c2cccc(F)c2)c(C(N)=O)c(C)n1CCc1ccc(OC)c(OC)c1. The summed E-state index contributed by atoms with van der Waals surface area (Å²) in [4.78, 5) is 24.4. The zero-order valence-corrected chi connectivity index (χ0v) is 19.8. The number of hydrogen-bond donors (Lipinski definition) is 1. The van der Waals surface area contributed by atoms with Gasteiger partial charge in [-0.05, 0) is 55.2 Å². The molecule has 34 heavy (non-hydrogen) atoms. The van der Waals surface area contributed by atoms with Crippen LogP contribution in [-0.4, -0.2) is 37.8 Å². The Morgan fingerprint density at radius 3 is 2.35 bits per heavy atom. The molecule has 0 saturated carbocycles. The maximum atomic E-state index is 14.1. The van der Waals surface area contributed by atoms with Crippen molar-refractivity contribution in [3.63, 3.8) is 0 Å². The number of aryl methyl sites for hydroxylation is 1. The van der Waals surface area contributed by atoms with Crippen LogP contribution >= 0.6 is 0 Å². The minimum Gasteiger partial charge on any atom is -0.493 e. The maximum absolute atomic E-state index is 14.1. The summed E-state index contributed by atoms with van der Waals surface area (Å²) in [5.41, 5.74) is 9.54. The van der Waals surface area contributed by atoms with E-state index in [-0.39, 0.29) is 12.4 Å². The summed E-state index contributed by atoms with van der Waals surface area (Å²) in [6.45, 7) is 2.31. The van der Waals surface area contributed by atoms with Gasteiger partial charge in [0.05, 0.1) is 33.3 Å². The smallest absolute Gasteiger partial charge is 0.305 e. The van der Waals surface area contributed by atoms with E-state index < -0.39 is 11.7 Å². The van der Waals surface area contributed by atoms with Gasteiger partial charge < -0.3 is 24.5 Å². The molecular weight excluding hydrogens is 439 g/mol. The van der Waals surface area contributed by atoms with Gasteiger partial charge in [-0.15, -0.1) is 0 Å². The molecule has 0 saturated heterocycles. The first-order valence-electron chi connectivity index (χ1n) is 10.9. The fourth-order valence-corrected chi connectivity index (χ4v) is 4.22. The van der Waals surface area contributed by atoms with E-state index in [9.17, 15) is 14.0 Å². The predicted molar refractivity (Wildman–Crippen MR) is 127 cm³/mol. The van der Waals surface area contributed by atoms with E-state index in [1.165, 1.54) is 19.2 Å². The molecule has 0 aliphatic heterocycles. The molecule has 180 valence electrons. The van der Waals surface area contributed by atoms with Crippen molar-refractivity contribution in [1.29, 1.82) is 0 Å². The number of nitrogens with zero attached hydrogens (tertiary/aromatic N) is 1. The third-order valence-electron chi connectivity index (χ3n) is 5.86. The van der Waals surface area contributed by atoms with Crippen molar-refractivity contribution in [1.82, 2.24) is 4.57 Å². The van der Waals surface area contributed by atoms with Gasteiger partial charge in [-0.1, -0.05) is 18.2 Å². The number of aromatic nitrogens is 1. The van der Waals surface area contributed by atoms with Crippen LogP contribution in [-0.2, 0) is 28.9 Å². The van der Waals surface area contributed by atoms with Gasteiger partial charge in [0.2, 0.25) is 0 Å². The molecule has 0 fully saturated rings. The van der Waals surface area contributed by atoms with Gasteiger partial charge in [0.15, 0.2) is 11.5 Å². The number of halogens is 1. The molecule has 0 bridgehead atoms. The van der Waals surface area contributed by atoms with Crippen LogP contribution in [0.4, 0.5) is 4.39 Å². The first kappa shape index (κ1) is 24.8. The number of esters is 1. The standard InChI is InChI=1S/C26H29FN2O5/c1-16-24(26(28)31)25(18-6-5-7-19(27)15-18)20(9-11-23(30)34-4)29(16)13-12-17-8-10-21(32-2)22(14-17)33-3/h5-8,10,14-15H,9,11-13H2,1-4H3,(H2,28,31). The topological polar surface area (TPSA) is 92.8 Å². The molecule has 0 unspecified atom stereocenters. The molecule has 3 aromatic rings. The van der Waals surface area contributed by atoms with Crippen LogP contribution < -0.4 is 15.2 Å². The number of hydrogen-bond acceptors (Lipinski definition) is 5. The normalized spacial score (nSPS) is 10.7. The molecule has 2 aromatic carbocycles. The Hall–Kier alpha value is -3.81. The van der Waals surface area contributed by atoms with Gasteiger partial charge >= 0.3 is 5.97 Å². The third kappa shape index (κ3) is 5.22. The Balaban J connectivity index is 2.09. The van der Waals surface area contributed by atoms with Crippen molar-refractivity contribution in [2.45, 2.75) is 32.7 Å². The first-order chi connectivity index (χ1) is 16.3. The summed E-state index contributed by atoms with van der Waals surface area (Å²) in [5, 5.41) is 0. The number of ether oxygens (including phenoxy) is 3. The van der Waals surface area contributed by atoms with Crippen LogP contribution in [0.15, 0.2) is 42.5 Å². The zero-order chi connectivity index (χ0) is 24.8. The number of carbonyl (C=O) groups is 2. The van der Waals surface area contributed by atoms with E-state index >= 15 is 0 Å². The van der Waals surface area contributed by atoms with Crippen molar-refractivity contribution in [3.8, 4) is 22.6 Å². The van der Waals surface area contributed by atoms with Crippen molar-refractivity contribution >= 4 is 11.9 Å². The van der Waals surface area contributed by atoms with E-state index in [0.717, 1.165) is 11.3 Å². The second-order valence-corrected chi connectivity index (χ2v) is 7.82. The van der Waals surface area contributed by atoms with Crippen molar-refractivity contribution in [2.24, 2.45) is 5.73 Å². The highest BCUT2D eigenvalue weighted by Gasteiger charge is 2.25. The minimum atomic E-state index is -0.610. The van der Waals surface area contributed by atoms with Crippen molar-refractivity contribution in [2.75, 3.05) is 21.3 Å². The Morgan fingerprint density at radius 1 is 1.00 bits per heavy atom. The Kier molecular flexibility index (Phi) is 7.94. The molecule has 1 amide bonds. The summed E-state index contributed by atoms with van der Waals surface area (Å²) in [6, 6.07) is 11.7. The average Bonchev–Trinajstić information content (AvgIpc) is 3.12. The fraction of sp³-hybridized carbons (Fsp3) is 0.308. The van der Waals surface area contributed by atoms with Crippen molar-refractivity contribution < 1.29 is 28.2 Å². The highest BCUT2D eigenvalue weighted by molar-refractivity contribution is 6.02. The quantitative estimate of drug-likeness (QED) is 0.453. The number of amides is 1. The Labute approximate surface area is 198 Å².